The van der Waals surface area contributed by atoms with Crippen molar-refractivity contribution in [1.29, 1.82) is 5.41 Å². The Kier molecular flexibility index (Phi) is 1.85. The van der Waals surface area contributed by atoms with Crippen molar-refractivity contribution in [3.63, 3.8) is 0 Å². The van der Waals surface area contributed by atoms with E-state index in [0.29, 0.717) is 5.82 Å². The number of halogens is 1. The molecular weight excluding hydrogens is 145 g/mol. The molecule has 1 aromatic rings. The zero-order valence-electron chi connectivity index (χ0n) is 6.13. The molecule has 0 saturated heterocycles. The van der Waals surface area contributed by atoms with Crippen molar-refractivity contribution in [3.05, 3.63) is 29.9 Å². The lowest BCUT2D eigenvalue weighted by molar-refractivity contribution is 0.579. The van der Waals surface area contributed by atoms with Crippen LogP contribution in [0.3, 0.4) is 0 Å². The minimum atomic E-state index is -0.643. The van der Waals surface area contributed by atoms with Gasteiger partial charge >= 0.3 is 0 Å². The lowest BCUT2D eigenvalue weighted by Gasteiger charge is -2.01. The fraction of sp³-hybridized carbons (Fsp3) is 0.143. The number of hydrogen-bond acceptors (Lipinski definition) is 2. The van der Waals surface area contributed by atoms with Gasteiger partial charge < -0.3 is 4.57 Å². The number of hydrogen-bond donors (Lipinski definition) is 1. The van der Waals surface area contributed by atoms with Crippen molar-refractivity contribution in [3.8, 4) is 0 Å². The highest BCUT2D eigenvalue weighted by Crippen LogP contribution is 1.93. The van der Waals surface area contributed by atoms with Crippen LogP contribution in [0.15, 0.2) is 12.8 Å². The Labute approximate surface area is 63.3 Å². The number of nitrogens with zero attached hydrogens (tertiary/aromatic N) is 2. The van der Waals surface area contributed by atoms with Crippen LogP contribution >= 0.6 is 0 Å². The first kappa shape index (κ1) is 7.65. The van der Waals surface area contributed by atoms with Crippen LogP contribution in [0.2, 0.25) is 0 Å². The van der Waals surface area contributed by atoms with Gasteiger partial charge in [-0.15, -0.1) is 0 Å². The average molecular weight is 153 g/mol. The largest absolute Gasteiger partial charge is 0.310 e. The summed E-state index contributed by atoms with van der Waals surface area (Å²) in [6.45, 7) is 5.14. The minimum Gasteiger partial charge on any atom is -0.310 e. The first-order valence-electron chi connectivity index (χ1n) is 3.07. The number of nitrogens with one attached hydrogen (secondary N) is 1. The van der Waals surface area contributed by atoms with E-state index in [2.05, 4.69) is 11.6 Å². The van der Waals surface area contributed by atoms with Gasteiger partial charge in [-0.3, -0.25) is 5.41 Å². The van der Waals surface area contributed by atoms with Crippen molar-refractivity contribution in [1.82, 2.24) is 9.55 Å². The van der Waals surface area contributed by atoms with Crippen molar-refractivity contribution in [2.75, 3.05) is 0 Å². The molecule has 3 nitrogen and oxygen atoms in total. The van der Waals surface area contributed by atoms with E-state index in [4.69, 9.17) is 5.41 Å². The molecule has 4 heteroatoms. The molecule has 0 aromatic carbocycles. The van der Waals surface area contributed by atoms with Crippen molar-refractivity contribution in [2.24, 2.45) is 0 Å². The first-order valence-corrected chi connectivity index (χ1v) is 3.07. The van der Waals surface area contributed by atoms with E-state index in [1.54, 1.807) is 6.92 Å². The molecule has 0 atom stereocenters. The van der Waals surface area contributed by atoms with Crippen molar-refractivity contribution in [2.45, 2.75) is 6.92 Å². The van der Waals surface area contributed by atoms with Crippen LogP contribution in [0.25, 0.3) is 6.20 Å². The summed E-state index contributed by atoms with van der Waals surface area (Å²) >= 11 is 0. The Morgan fingerprint density at radius 2 is 2.45 bits per heavy atom. The van der Waals surface area contributed by atoms with Gasteiger partial charge in [-0.25, -0.2) is 9.37 Å². The zero-order chi connectivity index (χ0) is 8.43. The zero-order valence-corrected chi connectivity index (χ0v) is 6.13. The molecule has 1 heterocycles. The Balaban J connectivity index is 3.43. The van der Waals surface area contributed by atoms with Crippen LogP contribution in [0, 0.1) is 18.2 Å². The van der Waals surface area contributed by atoms with Gasteiger partial charge in [-0.05, 0) is 6.92 Å². The van der Waals surface area contributed by atoms with Gasteiger partial charge in [0.25, 0.3) is 0 Å². The minimum absolute atomic E-state index is 0.333. The average Bonchev–Trinajstić information content (AvgIpc) is 1.97. The molecular formula is C7H8FN3. The Morgan fingerprint density at radius 3 is 3.00 bits per heavy atom. The van der Waals surface area contributed by atoms with Crippen molar-refractivity contribution < 1.29 is 4.39 Å². The van der Waals surface area contributed by atoms with E-state index in [9.17, 15) is 4.39 Å². The van der Waals surface area contributed by atoms with Gasteiger partial charge in [0.05, 0.1) is 0 Å². The summed E-state index contributed by atoms with van der Waals surface area (Å²) in [6, 6.07) is 0. The Morgan fingerprint density at radius 1 is 1.82 bits per heavy atom. The molecule has 1 aromatic heterocycles. The predicted molar refractivity (Wildman–Crippen MR) is 39.2 cm³/mol. The predicted octanol–water partition coefficient (Wildman–Crippen LogP) is 0.911. The van der Waals surface area contributed by atoms with Crippen LogP contribution in [-0.4, -0.2) is 9.55 Å². The molecule has 0 spiro atoms. The van der Waals surface area contributed by atoms with Gasteiger partial charge in [0.2, 0.25) is 0 Å². The Bertz CT molecular complexity index is 340. The van der Waals surface area contributed by atoms with Gasteiger partial charge in [0.15, 0.2) is 11.3 Å². The van der Waals surface area contributed by atoms with Crippen molar-refractivity contribution >= 4 is 6.20 Å². The lowest BCUT2D eigenvalue weighted by Crippen LogP contribution is -2.16. The highest BCUT2D eigenvalue weighted by molar-refractivity contribution is 5.18. The summed E-state index contributed by atoms with van der Waals surface area (Å²) in [6.07, 6.45) is 2.61. The summed E-state index contributed by atoms with van der Waals surface area (Å²) in [5.41, 5.74) is -0.333. The molecule has 0 fully saturated rings. The normalized spacial score (nSPS) is 9.64. The number of aromatic nitrogens is 2. The van der Waals surface area contributed by atoms with E-state index in [0.717, 1.165) is 0 Å². The molecule has 0 bridgehead atoms. The quantitative estimate of drug-likeness (QED) is 0.640. The second-order valence-corrected chi connectivity index (χ2v) is 2.07. The van der Waals surface area contributed by atoms with Gasteiger partial charge in [-0.1, -0.05) is 6.58 Å². The highest BCUT2D eigenvalue weighted by Gasteiger charge is 1.97. The third kappa shape index (κ3) is 1.34. The van der Waals surface area contributed by atoms with Crippen LogP contribution in [0.4, 0.5) is 4.39 Å². The maximum absolute atomic E-state index is 12.6. The van der Waals surface area contributed by atoms with E-state index < -0.39 is 5.82 Å². The molecule has 0 saturated carbocycles. The van der Waals surface area contributed by atoms with Crippen LogP contribution in [0.5, 0.6) is 0 Å². The van der Waals surface area contributed by atoms with E-state index >= 15 is 0 Å². The van der Waals surface area contributed by atoms with Gasteiger partial charge in [-0.2, -0.15) is 0 Å². The SMILES string of the molecule is C=Cn1cc(F)c(=N)nc1C. The molecule has 0 unspecified atom stereocenters. The monoisotopic (exact) mass is 153 g/mol. The molecule has 1 rings (SSSR count). The molecule has 0 radical (unpaired) electrons. The summed E-state index contributed by atoms with van der Waals surface area (Å²) in [7, 11) is 0. The molecule has 0 aliphatic rings. The molecule has 58 valence electrons. The van der Waals surface area contributed by atoms with E-state index in [1.807, 2.05) is 0 Å². The fourth-order valence-corrected chi connectivity index (χ4v) is 0.734. The topological polar surface area (TPSA) is 41.7 Å². The van der Waals surface area contributed by atoms with Gasteiger partial charge in [0, 0.05) is 12.4 Å². The fourth-order valence-electron chi connectivity index (χ4n) is 0.734. The second kappa shape index (κ2) is 2.65. The van der Waals surface area contributed by atoms with E-state index in [1.165, 1.54) is 17.0 Å². The summed E-state index contributed by atoms with van der Waals surface area (Å²) in [4.78, 5) is 3.63. The third-order valence-corrected chi connectivity index (χ3v) is 1.32. The number of rotatable bonds is 1. The molecule has 1 N–H and O–H groups in total. The standard InChI is InChI=1S/C7H8FN3/c1-3-11-4-6(8)7(9)10-5(11)2/h3-4,9H,1H2,2H3. The van der Waals surface area contributed by atoms with Crippen LogP contribution < -0.4 is 5.49 Å². The number of aryl methyl sites for hydroxylation is 1. The van der Waals surface area contributed by atoms with Crippen LogP contribution in [0.1, 0.15) is 5.82 Å². The van der Waals surface area contributed by atoms with Gasteiger partial charge in [0.1, 0.15) is 5.82 Å². The summed E-state index contributed by atoms with van der Waals surface area (Å²) < 4.78 is 14.1. The highest BCUT2D eigenvalue weighted by atomic mass is 19.1. The Hall–Kier alpha value is -1.45. The molecule has 0 aliphatic carbocycles. The smallest absolute Gasteiger partial charge is 0.184 e. The maximum atomic E-state index is 12.6. The summed E-state index contributed by atoms with van der Waals surface area (Å²) in [5.74, 6) is -0.0955. The third-order valence-electron chi connectivity index (χ3n) is 1.32. The maximum Gasteiger partial charge on any atom is 0.184 e. The summed E-state index contributed by atoms with van der Waals surface area (Å²) in [5, 5.41) is 7.00. The molecule has 11 heavy (non-hydrogen) atoms. The lowest BCUT2D eigenvalue weighted by atomic mass is 10.5. The second-order valence-electron chi connectivity index (χ2n) is 2.07. The molecule has 0 aliphatic heterocycles. The van der Waals surface area contributed by atoms with Crippen LogP contribution in [-0.2, 0) is 0 Å². The molecule has 0 amide bonds. The first-order chi connectivity index (χ1) is 5.15. The van der Waals surface area contributed by atoms with E-state index in [-0.39, 0.29) is 5.49 Å².